The van der Waals surface area contributed by atoms with E-state index in [4.69, 9.17) is 9.84 Å². The molecule has 29 heavy (non-hydrogen) atoms. The van der Waals surface area contributed by atoms with Gasteiger partial charge in [-0.2, -0.15) is 5.10 Å². The van der Waals surface area contributed by atoms with E-state index in [0.29, 0.717) is 6.04 Å². The zero-order chi connectivity index (χ0) is 21.2. The fourth-order valence-electron chi connectivity index (χ4n) is 5.36. The van der Waals surface area contributed by atoms with Crippen LogP contribution in [0.15, 0.2) is 6.07 Å². The van der Waals surface area contributed by atoms with E-state index in [1.165, 1.54) is 5.69 Å². The molecule has 3 fully saturated rings. The number of carbonyl (C=O) groups is 1. The summed E-state index contributed by atoms with van der Waals surface area (Å²) >= 11 is 0. The Balaban J connectivity index is 1.36. The van der Waals surface area contributed by atoms with Crippen LogP contribution in [0, 0.1) is 12.3 Å². The van der Waals surface area contributed by atoms with Gasteiger partial charge in [-0.3, -0.25) is 4.68 Å². The van der Waals surface area contributed by atoms with Gasteiger partial charge in [0.15, 0.2) is 5.82 Å². The first kappa shape index (κ1) is 20.5. The van der Waals surface area contributed by atoms with Crippen molar-refractivity contribution in [2.45, 2.75) is 90.5 Å². The van der Waals surface area contributed by atoms with Gasteiger partial charge in [0.25, 0.3) is 0 Å². The minimum absolute atomic E-state index is 0.0913. The number of likely N-dealkylation sites (tertiary alicyclic amines) is 1. The summed E-state index contributed by atoms with van der Waals surface area (Å²) in [6, 6.07) is 2.58. The molecule has 1 aromatic heterocycles. The molecule has 0 aromatic carbocycles. The number of rotatable bonds is 2. The van der Waals surface area contributed by atoms with Crippen LogP contribution in [-0.2, 0) is 4.74 Å². The lowest BCUT2D eigenvalue weighted by atomic mass is 9.61. The Morgan fingerprint density at radius 1 is 1.24 bits per heavy atom. The number of aryl methyl sites for hydroxylation is 1. The Hall–Kier alpha value is -1.76. The highest BCUT2D eigenvalue weighted by atomic mass is 16.6. The number of hydrogen-bond donors (Lipinski definition) is 1. The molecule has 1 atom stereocenters. The van der Waals surface area contributed by atoms with Gasteiger partial charge < -0.3 is 19.6 Å². The van der Waals surface area contributed by atoms with Crippen molar-refractivity contribution in [2.75, 3.05) is 24.5 Å². The zero-order valence-electron chi connectivity index (χ0n) is 18.7. The molecule has 1 N–H and O–H groups in total. The summed E-state index contributed by atoms with van der Waals surface area (Å²) in [5.41, 5.74) is 0.897. The Morgan fingerprint density at radius 2 is 1.90 bits per heavy atom. The molecule has 1 spiro atoms. The van der Waals surface area contributed by atoms with Crippen LogP contribution in [0.4, 0.5) is 10.6 Å². The zero-order valence-corrected chi connectivity index (χ0v) is 18.7. The summed E-state index contributed by atoms with van der Waals surface area (Å²) in [6.07, 6.45) is 3.28. The Labute approximate surface area is 174 Å². The van der Waals surface area contributed by atoms with Gasteiger partial charge in [-0.25, -0.2) is 4.79 Å². The molecular formula is C22H36N4O3. The third kappa shape index (κ3) is 3.86. The minimum atomic E-state index is -0.442. The number of nitrogens with zero attached hydrogens (tertiary/aromatic N) is 4. The first-order valence-corrected chi connectivity index (χ1v) is 10.9. The van der Waals surface area contributed by atoms with E-state index in [2.05, 4.69) is 36.4 Å². The second-order valence-electron chi connectivity index (χ2n) is 11.1. The molecule has 1 aliphatic carbocycles. The maximum Gasteiger partial charge on any atom is 0.410 e. The summed E-state index contributed by atoms with van der Waals surface area (Å²) in [5.74, 6) is 1.02. The molecule has 0 radical (unpaired) electrons. The summed E-state index contributed by atoms with van der Waals surface area (Å²) in [7, 11) is 0. The quantitative estimate of drug-likeness (QED) is 0.817. The molecule has 3 aliphatic rings. The standard InChI is InChI=1S/C22H36N4O3/c1-15-9-18(25-8-7-17(27)12-21(25,5)6)23-26(15)16-10-22(11-16)13-24(14-22)19(28)29-20(2,3)4/h9,16-17,27H,7-8,10-14H2,1-6H3/t17-/m1/s1. The van der Waals surface area contributed by atoms with E-state index in [0.717, 1.165) is 51.1 Å². The number of ether oxygens (including phenoxy) is 1. The van der Waals surface area contributed by atoms with E-state index >= 15 is 0 Å². The molecule has 0 unspecified atom stereocenters. The van der Waals surface area contributed by atoms with Gasteiger partial charge in [0, 0.05) is 42.3 Å². The molecule has 162 valence electrons. The lowest BCUT2D eigenvalue weighted by Crippen LogP contribution is -2.64. The highest BCUT2D eigenvalue weighted by Crippen LogP contribution is 2.54. The first-order chi connectivity index (χ1) is 13.4. The average Bonchev–Trinajstić information content (AvgIpc) is 2.82. The number of piperidine rings is 1. The predicted molar refractivity (Wildman–Crippen MR) is 112 cm³/mol. The van der Waals surface area contributed by atoms with Gasteiger partial charge in [-0.15, -0.1) is 0 Å². The molecule has 7 nitrogen and oxygen atoms in total. The minimum Gasteiger partial charge on any atom is -0.444 e. The number of aromatic nitrogens is 2. The van der Waals surface area contributed by atoms with Crippen molar-refractivity contribution in [1.29, 1.82) is 0 Å². The van der Waals surface area contributed by atoms with Crippen molar-refractivity contribution in [1.82, 2.24) is 14.7 Å². The molecule has 7 heteroatoms. The van der Waals surface area contributed by atoms with Gasteiger partial charge in [0.05, 0.1) is 12.1 Å². The third-order valence-corrected chi connectivity index (χ3v) is 6.73. The van der Waals surface area contributed by atoms with Crippen molar-refractivity contribution < 1.29 is 14.6 Å². The first-order valence-electron chi connectivity index (χ1n) is 10.9. The smallest absolute Gasteiger partial charge is 0.410 e. The fraction of sp³-hybridized carbons (Fsp3) is 0.818. The second-order valence-corrected chi connectivity index (χ2v) is 11.1. The van der Waals surface area contributed by atoms with E-state index in [9.17, 15) is 9.90 Å². The fourth-order valence-corrected chi connectivity index (χ4v) is 5.36. The largest absolute Gasteiger partial charge is 0.444 e. The predicted octanol–water partition coefficient (Wildman–Crippen LogP) is 3.50. The number of aliphatic hydroxyl groups is 1. The van der Waals surface area contributed by atoms with Crippen LogP contribution in [0.25, 0.3) is 0 Å². The molecule has 3 heterocycles. The highest BCUT2D eigenvalue weighted by molar-refractivity contribution is 5.69. The van der Waals surface area contributed by atoms with Crippen LogP contribution in [0.5, 0.6) is 0 Å². The monoisotopic (exact) mass is 404 g/mol. The lowest BCUT2D eigenvalue weighted by Gasteiger charge is -2.58. The van der Waals surface area contributed by atoms with Crippen molar-refractivity contribution >= 4 is 11.9 Å². The van der Waals surface area contributed by atoms with E-state index in [1.54, 1.807) is 0 Å². The molecule has 4 rings (SSSR count). The number of hydrogen-bond acceptors (Lipinski definition) is 5. The molecule has 2 aliphatic heterocycles. The molecule has 1 amide bonds. The number of carbonyl (C=O) groups excluding carboxylic acids is 1. The number of aliphatic hydroxyl groups excluding tert-OH is 1. The van der Waals surface area contributed by atoms with Crippen LogP contribution in [0.2, 0.25) is 0 Å². The van der Waals surface area contributed by atoms with Crippen molar-refractivity contribution in [3.63, 3.8) is 0 Å². The van der Waals surface area contributed by atoms with Gasteiger partial charge in [-0.05, 0) is 67.2 Å². The summed E-state index contributed by atoms with van der Waals surface area (Å²) < 4.78 is 7.66. The van der Waals surface area contributed by atoms with Gasteiger partial charge in [0.2, 0.25) is 0 Å². The van der Waals surface area contributed by atoms with E-state index in [-0.39, 0.29) is 23.2 Å². The van der Waals surface area contributed by atoms with Crippen molar-refractivity contribution in [2.24, 2.45) is 5.41 Å². The van der Waals surface area contributed by atoms with Gasteiger partial charge in [-0.1, -0.05) is 0 Å². The van der Waals surface area contributed by atoms with Crippen LogP contribution < -0.4 is 4.90 Å². The molecule has 1 saturated carbocycles. The molecule has 2 saturated heterocycles. The van der Waals surface area contributed by atoms with Crippen LogP contribution >= 0.6 is 0 Å². The Kier molecular flexibility index (Phi) is 4.68. The lowest BCUT2D eigenvalue weighted by molar-refractivity contribution is -0.0930. The van der Waals surface area contributed by atoms with Crippen LogP contribution in [-0.4, -0.2) is 62.8 Å². The van der Waals surface area contributed by atoms with Crippen molar-refractivity contribution in [3.05, 3.63) is 11.8 Å². The number of anilines is 1. The second kappa shape index (κ2) is 6.62. The maximum absolute atomic E-state index is 12.2. The van der Waals surface area contributed by atoms with Gasteiger partial charge in [0.1, 0.15) is 5.60 Å². The highest BCUT2D eigenvalue weighted by Gasteiger charge is 2.55. The summed E-state index contributed by atoms with van der Waals surface area (Å²) in [4.78, 5) is 16.4. The van der Waals surface area contributed by atoms with Crippen molar-refractivity contribution in [3.8, 4) is 0 Å². The summed E-state index contributed by atoms with van der Waals surface area (Å²) in [5, 5.41) is 15.0. The third-order valence-electron chi connectivity index (χ3n) is 6.73. The number of amides is 1. The Bertz CT molecular complexity index is 780. The molecule has 0 bridgehead atoms. The topological polar surface area (TPSA) is 70.8 Å². The van der Waals surface area contributed by atoms with E-state index < -0.39 is 5.60 Å². The van der Waals surface area contributed by atoms with Crippen LogP contribution in [0.1, 0.15) is 72.0 Å². The van der Waals surface area contributed by atoms with Gasteiger partial charge >= 0.3 is 6.09 Å². The summed E-state index contributed by atoms with van der Waals surface area (Å²) in [6.45, 7) is 14.6. The van der Waals surface area contributed by atoms with E-state index in [1.807, 2.05) is 25.7 Å². The molecular weight excluding hydrogens is 368 g/mol. The average molecular weight is 405 g/mol. The molecule has 1 aromatic rings. The maximum atomic E-state index is 12.2. The Morgan fingerprint density at radius 3 is 2.48 bits per heavy atom. The SMILES string of the molecule is Cc1cc(N2CC[C@@H](O)CC2(C)C)nn1C1CC2(C1)CN(C(=O)OC(C)(C)C)C2. The van der Waals surface area contributed by atoms with Crippen LogP contribution in [0.3, 0.4) is 0 Å². The normalized spacial score (nSPS) is 26.2.